The molecule has 9 heteroatoms. The number of hydrogen-bond acceptors (Lipinski definition) is 7. The van der Waals surface area contributed by atoms with Gasteiger partial charge in [0.2, 0.25) is 11.9 Å². The van der Waals surface area contributed by atoms with E-state index in [9.17, 15) is 14.4 Å². The Kier molecular flexibility index (Phi) is 5.62. The SMILES string of the molecule is N#Cc1cnc(NCc2cccc(C(N)=O)c2)nc1N1CC(Oc2ccc(F)cc2)C1. The summed E-state index contributed by atoms with van der Waals surface area (Å²) in [4.78, 5) is 21.9. The molecule has 8 nitrogen and oxygen atoms in total. The molecule has 2 heterocycles. The van der Waals surface area contributed by atoms with E-state index < -0.39 is 5.91 Å². The van der Waals surface area contributed by atoms with Crippen molar-refractivity contribution < 1.29 is 13.9 Å². The first-order valence-electron chi connectivity index (χ1n) is 9.59. The number of nitrogens with one attached hydrogen (secondary N) is 1. The van der Waals surface area contributed by atoms with Gasteiger partial charge < -0.3 is 20.7 Å². The number of halogens is 1. The third-order valence-corrected chi connectivity index (χ3v) is 4.82. The number of nitrogens with zero attached hydrogens (tertiary/aromatic N) is 4. The van der Waals surface area contributed by atoms with E-state index in [0.717, 1.165) is 5.56 Å². The van der Waals surface area contributed by atoms with Crippen LogP contribution in [0.4, 0.5) is 16.2 Å². The monoisotopic (exact) mass is 418 g/mol. The first kappa shape index (κ1) is 20.1. The van der Waals surface area contributed by atoms with Crippen LogP contribution in [0, 0.1) is 17.1 Å². The van der Waals surface area contributed by atoms with Crippen LogP contribution in [-0.4, -0.2) is 35.1 Å². The Morgan fingerprint density at radius 1 is 1.29 bits per heavy atom. The van der Waals surface area contributed by atoms with E-state index in [4.69, 9.17) is 10.5 Å². The van der Waals surface area contributed by atoms with Crippen molar-refractivity contribution in [2.75, 3.05) is 23.3 Å². The summed E-state index contributed by atoms with van der Waals surface area (Å²) in [5.74, 6) is 0.665. The number of amides is 1. The van der Waals surface area contributed by atoms with Gasteiger partial charge in [-0.2, -0.15) is 10.2 Å². The Morgan fingerprint density at radius 3 is 2.77 bits per heavy atom. The van der Waals surface area contributed by atoms with Crippen molar-refractivity contribution in [1.29, 1.82) is 5.26 Å². The van der Waals surface area contributed by atoms with Gasteiger partial charge in [0.15, 0.2) is 5.82 Å². The van der Waals surface area contributed by atoms with E-state index in [1.54, 1.807) is 30.3 Å². The minimum atomic E-state index is -0.492. The molecule has 1 aliphatic heterocycles. The second kappa shape index (κ2) is 8.67. The predicted molar refractivity (Wildman–Crippen MR) is 112 cm³/mol. The molecule has 0 radical (unpaired) electrons. The van der Waals surface area contributed by atoms with Crippen LogP contribution in [0.15, 0.2) is 54.7 Å². The average molecular weight is 418 g/mol. The van der Waals surface area contributed by atoms with Gasteiger partial charge in [0.1, 0.15) is 29.3 Å². The lowest BCUT2D eigenvalue weighted by molar-refractivity contribution is 0.1000. The van der Waals surface area contributed by atoms with Gasteiger partial charge in [-0.15, -0.1) is 0 Å². The van der Waals surface area contributed by atoms with Crippen LogP contribution in [0.2, 0.25) is 0 Å². The lowest BCUT2D eigenvalue weighted by atomic mass is 10.1. The van der Waals surface area contributed by atoms with Crippen LogP contribution in [0.1, 0.15) is 21.5 Å². The van der Waals surface area contributed by atoms with E-state index >= 15 is 0 Å². The van der Waals surface area contributed by atoms with Gasteiger partial charge in [0, 0.05) is 12.1 Å². The molecule has 1 aliphatic rings. The summed E-state index contributed by atoms with van der Waals surface area (Å²) in [6.45, 7) is 1.48. The number of hydrogen-bond donors (Lipinski definition) is 2. The maximum atomic E-state index is 13.0. The number of anilines is 2. The standard InChI is InChI=1S/C22H19FN6O2/c23-17-4-6-18(7-5-17)31-19-12-29(13-19)21-16(9-24)11-27-22(28-21)26-10-14-2-1-3-15(8-14)20(25)30/h1-8,11,19H,10,12-13H2,(H2,25,30)(H,26,27,28). The van der Waals surface area contributed by atoms with Crippen LogP contribution in [0.25, 0.3) is 0 Å². The van der Waals surface area contributed by atoms with Crippen molar-refractivity contribution in [3.8, 4) is 11.8 Å². The van der Waals surface area contributed by atoms with Crippen molar-refractivity contribution in [1.82, 2.24) is 9.97 Å². The van der Waals surface area contributed by atoms with Crippen LogP contribution in [0.3, 0.4) is 0 Å². The summed E-state index contributed by atoms with van der Waals surface area (Å²) in [7, 11) is 0. The summed E-state index contributed by atoms with van der Waals surface area (Å²) in [6.07, 6.45) is 1.39. The third-order valence-electron chi connectivity index (χ3n) is 4.82. The number of nitrogens with two attached hydrogens (primary N) is 1. The van der Waals surface area contributed by atoms with Gasteiger partial charge in [-0.25, -0.2) is 9.37 Å². The van der Waals surface area contributed by atoms with Gasteiger partial charge in [0.25, 0.3) is 0 Å². The molecule has 0 aliphatic carbocycles. The van der Waals surface area contributed by atoms with Crippen LogP contribution in [0.5, 0.6) is 5.75 Å². The lowest BCUT2D eigenvalue weighted by Crippen LogP contribution is -2.54. The van der Waals surface area contributed by atoms with E-state index in [1.165, 1.54) is 18.3 Å². The fourth-order valence-electron chi connectivity index (χ4n) is 3.18. The number of benzene rings is 2. The minimum Gasteiger partial charge on any atom is -0.487 e. The summed E-state index contributed by atoms with van der Waals surface area (Å²) in [5, 5.41) is 12.5. The number of ether oxygens (including phenoxy) is 1. The van der Waals surface area contributed by atoms with E-state index in [1.807, 2.05) is 11.0 Å². The van der Waals surface area contributed by atoms with Crippen molar-refractivity contribution in [2.24, 2.45) is 5.73 Å². The number of carbonyl (C=O) groups is 1. The third kappa shape index (κ3) is 4.70. The molecule has 1 saturated heterocycles. The van der Waals surface area contributed by atoms with Crippen molar-refractivity contribution in [2.45, 2.75) is 12.6 Å². The molecule has 3 aromatic rings. The Bertz CT molecular complexity index is 1140. The highest BCUT2D eigenvalue weighted by molar-refractivity contribution is 5.92. The lowest BCUT2D eigenvalue weighted by Gasteiger charge is -2.40. The molecule has 1 amide bonds. The molecule has 0 saturated carbocycles. The zero-order valence-corrected chi connectivity index (χ0v) is 16.5. The zero-order valence-electron chi connectivity index (χ0n) is 16.5. The largest absolute Gasteiger partial charge is 0.487 e. The molecule has 0 unspecified atom stereocenters. The molecule has 156 valence electrons. The predicted octanol–water partition coefficient (Wildman–Crippen LogP) is 2.47. The molecule has 0 spiro atoms. The molecule has 3 N–H and O–H groups in total. The van der Waals surface area contributed by atoms with Gasteiger partial charge in [-0.05, 0) is 42.0 Å². The maximum Gasteiger partial charge on any atom is 0.248 e. The quantitative estimate of drug-likeness (QED) is 0.605. The number of rotatable bonds is 7. The molecule has 31 heavy (non-hydrogen) atoms. The smallest absolute Gasteiger partial charge is 0.248 e. The van der Waals surface area contributed by atoms with Gasteiger partial charge in [0.05, 0.1) is 19.3 Å². The van der Waals surface area contributed by atoms with Crippen LogP contribution >= 0.6 is 0 Å². The molecule has 0 atom stereocenters. The number of aromatic nitrogens is 2. The normalized spacial score (nSPS) is 13.2. The maximum absolute atomic E-state index is 13.0. The molecule has 0 bridgehead atoms. The molecule has 1 aromatic heterocycles. The topological polar surface area (TPSA) is 117 Å². The summed E-state index contributed by atoms with van der Waals surface area (Å²) in [6, 6.07) is 14.9. The van der Waals surface area contributed by atoms with E-state index in [-0.39, 0.29) is 11.9 Å². The highest BCUT2D eigenvalue weighted by atomic mass is 19.1. The molecule has 4 rings (SSSR count). The number of carbonyl (C=O) groups excluding carboxylic acids is 1. The van der Waals surface area contributed by atoms with Crippen LogP contribution < -0.4 is 20.7 Å². The second-order valence-electron chi connectivity index (χ2n) is 7.06. The van der Waals surface area contributed by atoms with Gasteiger partial charge >= 0.3 is 0 Å². The second-order valence-corrected chi connectivity index (χ2v) is 7.06. The summed E-state index contributed by atoms with van der Waals surface area (Å²) >= 11 is 0. The summed E-state index contributed by atoms with van der Waals surface area (Å²) in [5.41, 5.74) is 6.95. The van der Waals surface area contributed by atoms with Crippen molar-refractivity contribution >= 4 is 17.7 Å². The molecule has 1 fully saturated rings. The van der Waals surface area contributed by atoms with E-state index in [2.05, 4.69) is 21.4 Å². The first-order valence-corrected chi connectivity index (χ1v) is 9.59. The molecular formula is C22H19FN6O2. The van der Waals surface area contributed by atoms with Crippen molar-refractivity contribution in [3.05, 3.63) is 77.2 Å². The highest BCUT2D eigenvalue weighted by Gasteiger charge is 2.31. The summed E-state index contributed by atoms with van der Waals surface area (Å²) < 4.78 is 18.8. The number of nitriles is 1. The zero-order chi connectivity index (χ0) is 21.8. The fraction of sp³-hybridized carbons (Fsp3) is 0.182. The first-order chi connectivity index (χ1) is 15.0. The van der Waals surface area contributed by atoms with E-state index in [0.29, 0.717) is 48.3 Å². The Morgan fingerprint density at radius 2 is 2.06 bits per heavy atom. The Balaban J connectivity index is 1.40. The van der Waals surface area contributed by atoms with Gasteiger partial charge in [-0.3, -0.25) is 4.79 Å². The van der Waals surface area contributed by atoms with Crippen molar-refractivity contribution in [3.63, 3.8) is 0 Å². The Hall–Kier alpha value is -4.19. The number of primary amides is 1. The highest BCUT2D eigenvalue weighted by Crippen LogP contribution is 2.26. The molecule has 2 aromatic carbocycles. The fourth-order valence-corrected chi connectivity index (χ4v) is 3.18. The van der Waals surface area contributed by atoms with Crippen LogP contribution in [-0.2, 0) is 6.54 Å². The average Bonchev–Trinajstić information content (AvgIpc) is 2.76. The Labute approximate surface area is 178 Å². The minimum absolute atomic E-state index is 0.0834. The molecular weight excluding hydrogens is 399 g/mol. The van der Waals surface area contributed by atoms with Gasteiger partial charge in [-0.1, -0.05) is 12.1 Å².